The monoisotopic (exact) mass is 407 g/mol. The third kappa shape index (κ3) is 3.73. The zero-order chi connectivity index (χ0) is 20.7. The second-order valence-electron chi connectivity index (χ2n) is 9.48. The summed E-state index contributed by atoms with van der Waals surface area (Å²) in [6, 6.07) is 13.8. The molecule has 6 nitrogen and oxygen atoms in total. The molecule has 0 radical (unpaired) electrons. The van der Waals surface area contributed by atoms with Gasteiger partial charge in [-0.2, -0.15) is 5.10 Å². The molecule has 2 N–H and O–H groups in total. The molecule has 1 aromatic heterocycles. The fraction of sp³-hybridized carbons (Fsp3) is 0.583. The molecule has 1 aromatic carbocycles. The van der Waals surface area contributed by atoms with Gasteiger partial charge in [-0.1, -0.05) is 36.8 Å². The van der Waals surface area contributed by atoms with Crippen molar-refractivity contribution in [3.05, 3.63) is 47.7 Å². The van der Waals surface area contributed by atoms with Crippen LogP contribution >= 0.6 is 0 Å². The summed E-state index contributed by atoms with van der Waals surface area (Å²) in [4.78, 5) is 18.1. The Hall–Kier alpha value is -2.34. The molecule has 4 atom stereocenters. The number of aromatic nitrogens is 2. The number of fused-ring (bicyclic) bond motifs is 4. The van der Waals surface area contributed by atoms with Crippen molar-refractivity contribution in [2.24, 2.45) is 11.8 Å². The van der Waals surface area contributed by atoms with Crippen molar-refractivity contribution in [1.82, 2.24) is 19.6 Å². The minimum atomic E-state index is 0.155. The Kier molecular flexibility index (Phi) is 5.27. The van der Waals surface area contributed by atoms with Crippen molar-refractivity contribution in [3.63, 3.8) is 0 Å². The molecule has 1 amide bonds. The van der Waals surface area contributed by atoms with Gasteiger partial charge in [0.1, 0.15) is 12.4 Å². The van der Waals surface area contributed by atoms with E-state index in [1.54, 1.807) is 4.68 Å². The van der Waals surface area contributed by atoms with Gasteiger partial charge in [-0.3, -0.25) is 9.69 Å². The molecule has 30 heavy (non-hydrogen) atoms. The van der Waals surface area contributed by atoms with Crippen molar-refractivity contribution in [3.8, 4) is 0 Å². The lowest BCUT2D eigenvalue weighted by atomic mass is 9.71. The Morgan fingerprint density at radius 3 is 2.73 bits per heavy atom. The highest BCUT2D eigenvalue weighted by Crippen LogP contribution is 2.42. The molecular formula is C24H33N5O. The molecular weight excluding hydrogens is 374 g/mol. The summed E-state index contributed by atoms with van der Waals surface area (Å²) in [7, 11) is 0. The normalized spacial score (nSPS) is 28.9. The maximum absolute atomic E-state index is 13.2. The van der Waals surface area contributed by atoms with Crippen LogP contribution < -0.4 is 5.73 Å². The molecule has 0 spiro atoms. The van der Waals surface area contributed by atoms with E-state index in [2.05, 4.69) is 45.2 Å². The first-order valence-electron chi connectivity index (χ1n) is 11.5. The van der Waals surface area contributed by atoms with Gasteiger partial charge in [0.25, 0.3) is 0 Å². The van der Waals surface area contributed by atoms with Gasteiger partial charge >= 0.3 is 0 Å². The summed E-state index contributed by atoms with van der Waals surface area (Å²) in [6.45, 7) is 5.11. The molecule has 3 saturated heterocycles. The molecule has 0 aliphatic carbocycles. The molecule has 4 heterocycles. The molecule has 6 heteroatoms. The van der Waals surface area contributed by atoms with E-state index in [4.69, 9.17) is 5.73 Å². The van der Waals surface area contributed by atoms with Gasteiger partial charge in [-0.25, -0.2) is 4.68 Å². The van der Waals surface area contributed by atoms with Crippen molar-refractivity contribution < 1.29 is 4.79 Å². The number of nitrogens with zero attached hydrogens (tertiary/aromatic N) is 4. The number of anilines is 1. The van der Waals surface area contributed by atoms with Crippen LogP contribution in [0.2, 0.25) is 0 Å². The standard InChI is InChI=1S/C24H33N5O/c1-17-11-23(25)29(26-17)16-24(30)27-14-19-13-20(15-27)22(12-18-7-3-2-4-8-18)28-10-6-5-9-21(19)28/h2-4,7-8,11,19-22H,5-6,9-10,12-16,25H2,1H3/t19-,20+,21+,22+/m1/s1. The van der Waals surface area contributed by atoms with E-state index in [1.807, 2.05) is 13.0 Å². The minimum Gasteiger partial charge on any atom is -0.384 e. The van der Waals surface area contributed by atoms with Gasteiger partial charge < -0.3 is 10.6 Å². The number of nitrogens with two attached hydrogens (primary N) is 1. The average Bonchev–Trinajstić information content (AvgIpc) is 3.08. The van der Waals surface area contributed by atoms with Gasteiger partial charge in [0.2, 0.25) is 5.91 Å². The Morgan fingerprint density at radius 1 is 1.17 bits per heavy atom. The zero-order valence-electron chi connectivity index (χ0n) is 17.9. The first-order valence-corrected chi connectivity index (χ1v) is 11.5. The van der Waals surface area contributed by atoms with E-state index in [1.165, 1.54) is 37.8 Å². The Morgan fingerprint density at radius 2 is 1.97 bits per heavy atom. The number of nitrogen functional groups attached to an aromatic ring is 1. The molecule has 160 valence electrons. The Balaban J connectivity index is 1.36. The highest BCUT2D eigenvalue weighted by atomic mass is 16.2. The van der Waals surface area contributed by atoms with Gasteiger partial charge in [0.05, 0.1) is 5.69 Å². The molecule has 0 unspecified atom stereocenters. The number of aryl methyl sites for hydroxylation is 1. The van der Waals surface area contributed by atoms with Crippen LogP contribution in [0.3, 0.4) is 0 Å². The van der Waals surface area contributed by atoms with E-state index >= 15 is 0 Å². The maximum Gasteiger partial charge on any atom is 0.244 e. The van der Waals surface area contributed by atoms with Gasteiger partial charge in [0, 0.05) is 31.2 Å². The number of benzene rings is 1. The maximum atomic E-state index is 13.2. The Bertz CT molecular complexity index is 894. The quantitative estimate of drug-likeness (QED) is 0.846. The van der Waals surface area contributed by atoms with Gasteiger partial charge in [-0.15, -0.1) is 0 Å². The molecule has 3 fully saturated rings. The van der Waals surface area contributed by atoms with Gasteiger partial charge in [-0.05, 0) is 56.6 Å². The molecule has 3 aliphatic heterocycles. The number of rotatable bonds is 4. The SMILES string of the molecule is Cc1cc(N)n(CC(=O)N2C[C@H]3C[C@@H](C2)[C@H](Cc2ccccc2)N2CCCC[C@@H]32)n1. The number of carbonyl (C=O) groups excluding carboxylic acids is 1. The summed E-state index contributed by atoms with van der Waals surface area (Å²) in [5, 5.41) is 4.39. The number of amides is 1. The van der Waals surface area contributed by atoms with Crippen molar-refractivity contribution in [2.45, 2.75) is 57.7 Å². The van der Waals surface area contributed by atoms with Crippen LogP contribution in [0.1, 0.15) is 36.9 Å². The first kappa shape index (κ1) is 19.6. The Labute approximate surface area is 179 Å². The predicted molar refractivity (Wildman–Crippen MR) is 118 cm³/mol. The van der Waals surface area contributed by atoms with E-state index < -0.39 is 0 Å². The van der Waals surface area contributed by atoms with E-state index in [0.717, 1.165) is 25.2 Å². The summed E-state index contributed by atoms with van der Waals surface area (Å²) in [5.41, 5.74) is 8.30. The van der Waals surface area contributed by atoms with Crippen LogP contribution in [0, 0.1) is 18.8 Å². The van der Waals surface area contributed by atoms with Crippen molar-refractivity contribution in [2.75, 3.05) is 25.4 Å². The molecule has 3 aliphatic rings. The fourth-order valence-electron chi connectivity index (χ4n) is 6.17. The van der Waals surface area contributed by atoms with Crippen molar-refractivity contribution in [1.29, 1.82) is 0 Å². The smallest absolute Gasteiger partial charge is 0.244 e. The second kappa shape index (κ2) is 8.06. The molecule has 0 saturated carbocycles. The van der Waals surface area contributed by atoms with Gasteiger partial charge in [0.15, 0.2) is 0 Å². The average molecular weight is 408 g/mol. The highest BCUT2D eigenvalue weighted by molar-refractivity contribution is 5.76. The van der Waals surface area contributed by atoms with Crippen LogP contribution in [-0.2, 0) is 17.8 Å². The summed E-state index contributed by atoms with van der Waals surface area (Å²) >= 11 is 0. The van der Waals surface area contributed by atoms with Crippen LogP contribution in [0.15, 0.2) is 36.4 Å². The lowest BCUT2D eigenvalue weighted by Gasteiger charge is -2.57. The topological polar surface area (TPSA) is 67.4 Å². The number of carbonyl (C=O) groups is 1. The van der Waals surface area contributed by atoms with E-state index in [9.17, 15) is 4.79 Å². The third-order valence-corrected chi connectivity index (χ3v) is 7.48. The fourth-order valence-corrected chi connectivity index (χ4v) is 6.17. The second-order valence-corrected chi connectivity index (χ2v) is 9.48. The third-order valence-electron chi connectivity index (χ3n) is 7.48. The van der Waals surface area contributed by atoms with E-state index in [-0.39, 0.29) is 12.5 Å². The van der Waals surface area contributed by atoms with Crippen LogP contribution in [0.4, 0.5) is 5.82 Å². The summed E-state index contributed by atoms with van der Waals surface area (Å²) < 4.78 is 1.65. The number of likely N-dealkylation sites (tertiary alicyclic amines) is 1. The molecule has 2 aromatic rings. The summed E-state index contributed by atoms with van der Waals surface area (Å²) in [5.74, 6) is 1.86. The van der Waals surface area contributed by atoms with E-state index in [0.29, 0.717) is 29.7 Å². The molecule has 2 bridgehead atoms. The highest BCUT2D eigenvalue weighted by Gasteiger charge is 2.47. The largest absolute Gasteiger partial charge is 0.384 e. The van der Waals surface area contributed by atoms with Crippen LogP contribution in [0.5, 0.6) is 0 Å². The number of hydrogen-bond acceptors (Lipinski definition) is 4. The number of hydrogen-bond donors (Lipinski definition) is 1. The predicted octanol–water partition coefficient (Wildman–Crippen LogP) is 2.72. The lowest BCUT2D eigenvalue weighted by Crippen LogP contribution is -2.64. The lowest BCUT2D eigenvalue weighted by molar-refractivity contribution is -0.141. The molecule has 5 rings (SSSR count). The summed E-state index contributed by atoms with van der Waals surface area (Å²) in [6.07, 6.45) is 6.24. The minimum absolute atomic E-state index is 0.155. The van der Waals surface area contributed by atoms with Crippen LogP contribution in [-0.4, -0.2) is 57.2 Å². The first-order chi connectivity index (χ1) is 14.6. The number of piperidine rings is 3. The van der Waals surface area contributed by atoms with Crippen molar-refractivity contribution >= 4 is 11.7 Å². The van der Waals surface area contributed by atoms with Crippen LogP contribution in [0.25, 0.3) is 0 Å². The zero-order valence-corrected chi connectivity index (χ0v) is 17.9.